The summed E-state index contributed by atoms with van der Waals surface area (Å²) in [6.07, 6.45) is 7.70. The first kappa shape index (κ1) is 18.8. The highest BCUT2D eigenvalue weighted by molar-refractivity contribution is 9.10. The van der Waals surface area contributed by atoms with Crippen LogP contribution in [0, 0.1) is 0 Å². The Morgan fingerprint density at radius 3 is 3.00 bits per heavy atom. The van der Waals surface area contributed by atoms with E-state index < -0.39 is 0 Å². The van der Waals surface area contributed by atoms with E-state index >= 15 is 0 Å². The maximum atomic E-state index is 11.4. The molecule has 0 bridgehead atoms. The van der Waals surface area contributed by atoms with Gasteiger partial charge in [-0.1, -0.05) is 52.2 Å². The van der Waals surface area contributed by atoms with E-state index in [-0.39, 0.29) is 6.03 Å². The molecule has 2 amide bonds. The predicted octanol–water partition coefficient (Wildman–Crippen LogP) is 3.36. The lowest BCUT2D eigenvalue weighted by atomic mass is 10.0. The Balaban J connectivity index is 1.17. The van der Waals surface area contributed by atoms with Crippen LogP contribution in [0.5, 0.6) is 0 Å². The van der Waals surface area contributed by atoms with E-state index in [0.717, 1.165) is 35.3 Å². The molecular weight excluding hydrogens is 426 g/mol. The Labute approximate surface area is 172 Å². The standard InChI is InChI=1S/C19H24BrN5OS/c20-15-8-5-4-6-13(15)10-25-11-14(23-24-25)7-2-1-3-9-17-18-16(12-27-17)21-19(26)22-18/h4-6,8,11,16-18H,1-3,7,9-10,12H2,(H2,21,22,26)/t16-,17-,18-/m0/s1. The number of fused-ring (bicyclic) bond motifs is 1. The molecule has 4 rings (SSSR count). The fraction of sp³-hybridized carbons (Fsp3) is 0.526. The second-order valence-electron chi connectivity index (χ2n) is 7.22. The molecule has 2 aliphatic heterocycles. The molecule has 2 aliphatic rings. The van der Waals surface area contributed by atoms with Crippen molar-refractivity contribution < 1.29 is 4.79 Å². The lowest BCUT2D eigenvalue weighted by Crippen LogP contribution is -2.36. The molecule has 27 heavy (non-hydrogen) atoms. The fourth-order valence-electron chi connectivity index (χ4n) is 3.80. The van der Waals surface area contributed by atoms with Gasteiger partial charge in [0.15, 0.2) is 0 Å². The van der Waals surface area contributed by atoms with Crippen LogP contribution in [0.4, 0.5) is 4.79 Å². The first-order chi connectivity index (χ1) is 13.2. The van der Waals surface area contributed by atoms with Crippen LogP contribution in [0.1, 0.15) is 36.9 Å². The number of unbranched alkanes of at least 4 members (excludes halogenated alkanes) is 2. The minimum absolute atomic E-state index is 0.000851. The maximum absolute atomic E-state index is 11.4. The smallest absolute Gasteiger partial charge is 0.315 e. The van der Waals surface area contributed by atoms with E-state index in [9.17, 15) is 4.79 Å². The molecule has 6 nitrogen and oxygen atoms in total. The molecule has 0 saturated carbocycles. The normalized spacial score (nSPS) is 23.9. The Morgan fingerprint density at radius 2 is 2.11 bits per heavy atom. The van der Waals surface area contributed by atoms with E-state index in [1.165, 1.54) is 24.8 Å². The monoisotopic (exact) mass is 449 g/mol. The van der Waals surface area contributed by atoms with E-state index in [2.05, 4.69) is 49.1 Å². The number of carbonyl (C=O) groups is 1. The highest BCUT2D eigenvalue weighted by Crippen LogP contribution is 2.33. The molecule has 1 aromatic carbocycles. The topological polar surface area (TPSA) is 71.8 Å². The SMILES string of the molecule is O=C1N[C@H]2[C@H](CS[C@H]2CCCCCc2cn(Cc3ccccc3Br)nn2)N1. The van der Waals surface area contributed by atoms with Crippen LogP contribution >= 0.6 is 27.7 Å². The van der Waals surface area contributed by atoms with Crippen molar-refractivity contribution in [3.8, 4) is 0 Å². The summed E-state index contributed by atoms with van der Waals surface area (Å²) >= 11 is 5.57. The molecule has 2 N–H and O–H groups in total. The molecule has 3 heterocycles. The molecule has 2 saturated heterocycles. The van der Waals surface area contributed by atoms with Crippen LogP contribution in [0.2, 0.25) is 0 Å². The number of rotatable bonds is 8. The zero-order valence-electron chi connectivity index (χ0n) is 15.1. The first-order valence-electron chi connectivity index (χ1n) is 9.50. The maximum Gasteiger partial charge on any atom is 0.315 e. The number of benzene rings is 1. The number of carbonyl (C=O) groups excluding carboxylic acids is 1. The van der Waals surface area contributed by atoms with E-state index in [4.69, 9.17) is 0 Å². The van der Waals surface area contributed by atoms with Crippen molar-refractivity contribution in [1.82, 2.24) is 25.6 Å². The molecule has 2 aromatic rings. The second-order valence-corrected chi connectivity index (χ2v) is 9.35. The largest absolute Gasteiger partial charge is 0.332 e. The number of aryl methyl sites for hydroxylation is 1. The average Bonchev–Trinajstić information content (AvgIpc) is 3.34. The number of urea groups is 1. The second kappa shape index (κ2) is 8.65. The Kier molecular flexibility index (Phi) is 6.02. The Bertz CT molecular complexity index is 798. The van der Waals surface area contributed by atoms with Gasteiger partial charge in [-0.2, -0.15) is 11.8 Å². The number of nitrogens with zero attached hydrogens (tertiary/aromatic N) is 3. The highest BCUT2D eigenvalue weighted by atomic mass is 79.9. The summed E-state index contributed by atoms with van der Waals surface area (Å²) in [5, 5.41) is 15.2. The van der Waals surface area contributed by atoms with Gasteiger partial charge in [0.25, 0.3) is 0 Å². The molecule has 1 aromatic heterocycles. The zero-order valence-corrected chi connectivity index (χ0v) is 17.5. The minimum atomic E-state index is 0.000851. The van der Waals surface area contributed by atoms with Gasteiger partial charge in [-0.05, 0) is 30.9 Å². The zero-order chi connectivity index (χ0) is 18.6. The average molecular weight is 450 g/mol. The van der Waals surface area contributed by atoms with Gasteiger partial charge < -0.3 is 10.6 Å². The summed E-state index contributed by atoms with van der Waals surface area (Å²) < 4.78 is 3.00. The number of amides is 2. The highest BCUT2D eigenvalue weighted by Gasteiger charge is 2.42. The first-order valence-corrected chi connectivity index (χ1v) is 11.3. The van der Waals surface area contributed by atoms with Crippen molar-refractivity contribution >= 4 is 33.7 Å². The van der Waals surface area contributed by atoms with Crippen molar-refractivity contribution in [2.24, 2.45) is 0 Å². The van der Waals surface area contributed by atoms with Crippen molar-refractivity contribution in [3.05, 3.63) is 46.2 Å². The molecule has 144 valence electrons. The van der Waals surface area contributed by atoms with E-state index in [1.54, 1.807) is 0 Å². The van der Waals surface area contributed by atoms with Crippen LogP contribution in [0.25, 0.3) is 0 Å². The Morgan fingerprint density at radius 1 is 1.22 bits per heavy atom. The van der Waals surface area contributed by atoms with E-state index in [0.29, 0.717) is 17.3 Å². The van der Waals surface area contributed by atoms with Gasteiger partial charge in [0.1, 0.15) is 0 Å². The molecule has 0 spiro atoms. The minimum Gasteiger partial charge on any atom is -0.332 e. The van der Waals surface area contributed by atoms with Crippen LogP contribution in [0.15, 0.2) is 34.9 Å². The summed E-state index contributed by atoms with van der Waals surface area (Å²) in [7, 11) is 0. The van der Waals surface area contributed by atoms with Crippen LogP contribution in [-0.4, -0.2) is 44.1 Å². The number of aromatic nitrogens is 3. The third-order valence-electron chi connectivity index (χ3n) is 5.24. The van der Waals surface area contributed by atoms with Crippen molar-refractivity contribution in [1.29, 1.82) is 0 Å². The van der Waals surface area contributed by atoms with Crippen molar-refractivity contribution in [2.75, 3.05) is 5.75 Å². The molecule has 2 fully saturated rings. The number of hydrogen-bond donors (Lipinski definition) is 2. The number of hydrogen-bond acceptors (Lipinski definition) is 4. The van der Waals surface area contributed by atoms with Gasteiger partial charge >= 0.3 is 6.03 Å². The number of thioether (sulfide) groups is 1. The number of nitrogens with one attached hydrogen (secondary N) is 2. The van der Waals surface area contributed by atoms with Crippen molar-refractivity contribution in [2.45, 2.75) is 56.0 Å². The van der Waals surface area contributed by atoms with Gasteiger partial charge in [0, 0.05) is 21.7 Å². The summed E-state index contributed by atoms with van der Waals surface area (Å²) in [4.78, 5) is 11.4. The van der Waals surface area contributed by atoms with E-state index in [1.807, 2.05) is 34.6 Å². The summed E-state index contributed by atoms with van der Waals surface area (Å²) in [5.74, 6) is 1.04. The van der Waals surface area contributed by atoms with Crippen molar-refractivity contribution in [3.63, 3.8) is 0 Å². The van der Waals surface area contributed by atoms with Gasteiger partial charge in [-0.25, -0.2) is 9.48 Å². The van der Waals surface area contributed by atoms with Gasteiger partial charge in [-0.3, -0.25) is 0 Å². The molecule has 0 radical (unpaired) electrons. The summed E-state index contributed by atoms with van der Waals surface area (Å²) in [5.41, 5.74) is 2.26. The molecule has 8 heteroatoms. The van der Waals surface area contributed by atoms with Crippen LogP contribution < -0.4 is 10.6 Å². The molecule has 0 aliphatic carbocycles. The molecule has 3 atom stereocenters. The lowest BCUT2D eigenvalue weighted by Gasteiger charge is -2.16. The quantitative estimate of drug-likeness (QED) is 0.478. The summed E-state index contributed by atoms with van der Waals surface area (Å²) in [6.45, 7) is 0.732. The third-order valence-corrected chi connectivity index (χ3v) is 7.52. The predicted molar refractivity (Wildman–Crippen MR) is 111 cm³/mol. The molecular formula is C19H24BrN5OS. The van der Waals surface area contributed by atoms with Gasteiger partial charge in [-0.15, -0.1) is 5.10 Å². The number of halogens is 1. The molecule has 0 unspecified atom stereocenters. The fourth-order valence-corrected chi connectivity index (χ4v) is 5.76. The van der Waals surface area contributed by atoms with Gasteiger partial charge in [0.05, 0.1) is 24.3 Å². The lowest BCUT2D eigenvalue weighted by molar-refractivity contribution is 0.247. The van der Waals surface area contributed by atoms with Gasteiger partial charge in [0.2, 0.25) is 0 Å². The van der Waals surface area contributed by atoms with Crippen LogP contribution in [0.3, 0.4) is 0 Å². The third kappa shape index (κ3) is 4.66. The Hall–Kier alpha value is -1.54. The van der Waals surface area contributed by atoms with Crippen LogP contribution in [-0.2, 0) is 13.0 Å². The summed E-state index contributed by atoms with van der Waals surface area (Å²) in [6, 6.07) is 8.84.